The summed E-state index contributed by atoms with van der Waals surface area (Å²) in [6, 6.07) is 6.63. The van der Waals surface area contributed by atoms with Gasteiger partial charge in [0.2, 0.25) is 0 Å². The Labute approximate surface area is 102 Å². The average molecular weight is 202 g/mol. The van der Waals surface area contributed by atoms with Crippen molar-refractivity contribution in [2.24, 2.45) is 0 Å². The topological polar surface area (TPSA) is 46.5 Å². The molecule has 78 valence electrons. The number of hydrogen-bond donors (Lipinski definition) is 1. The van der Waals surface area contributed by atoms with Crippen molar-refractivity contribution >= 4 is 24.8 Å². The number of carboxylic acids is 1. The molecule has 0 spiro atoms. The van der Waals surface area contributed by atoms with Gasteiger partial charge in [-0.05, 0) is 32.9 Å². The molecule has 1 N–H and O–H groups in total. The van der Waals surface area contributed by atoms with E-state index in [1.807, 2.05) is 20.8 Å². The molecule has 15 heavy (non-hydrogen) atoms. The van der Waals surface area contributed by atoms with Gasteiger partial charge in [0, 0.05) is 0 Å². The van der Waals surface area contributed by atoms with E-state index < -0.39 is 5.97 Å². The van der Waals surface area contributed by atoms with Crippen molar-refractivity contribution in [2.75, 3.05) is 0 Å². The molecule has 1 rings (SSSR count). The van der Waals surface area contributed by atoms with E-state index >= 15 is 0 Å². The summed E-state index contributed by atoms with van der Waals surface area (Å²) in [7, 11) is 0. The third-order valence-corrected chi connectivity index (χ3v) is 1.53. The molecule has 0 bridgehead atoms. The van der Waals surface area contributed by atoms with Gasteiger partial charge in [-0.1, -0.05) is 12.1 Å². The standard InChI is InChI=1S/C11H14O3.Li.H/c1-11(2,3)14-9-7-5-4-6-8(9)10(12)13;;/h4-7H,1-3H3,(H,12,13);;. The van der Waals surface area contributed by atoms with Crippen LogP contribution in [0.4, 0.5) is 0 Å². The van der Waals surface area contributed by atoms with Gasteiger partial charge in [-0.15, -0.1) is 0 Å². The third kappa shape index (κ3) is 4.42. The minimum absolute atomic E-state index is 0. The summed E-state index contributed by atoms with van der Waals surface area (Å²) < 4.78 is 5.51. The Bertz CT molecular complexity index is 342. The summed E-state index contributed by atoms with van der Waals surface area (Å²) in [4.78, 5) is 10.8. The molecule has 1 aromatic carbocycles. The summed E-state index contributed by atoms with van der Waals surface area (Å²) in [5.74, 6) is -0.558. The van der Waals surface area contributed by atoms with Crippen molar-refractivity contribution in [1.82, 2.24) is 0 Å². The Morgan fingerprint density at radius 2 is 1.80 bits per heavy atom. The molecule has 0 unspecified atom stereocenters. The molecule has 0 aliphatic rings. The molecular formula is C11H15LiO3. The number of para-hydroxylation sites is 1. The molecule has 0 saturated carbocycles. The fourth-order valence-corrected chi connectivity index (χ4v) is 1.06. The van der Waals surface area contributed by atoms with Gasteiger partial charge in [-0.2, -0.15) is 0 Å². The molecule has 0 amide bonds. The molecule has 3 nitrogen and oxygen atoms in total. The van der Waals surface area contributed by atoms with E-state index in [0.717, 1.165) is 0 Å². The van der Waals surface area contributed by atoms with Crippen LogP contribution >= 0.6 is 0 Å². The van der Waals surface area contributed by atoms with E-state index in [2.05, 4.69) is 0 Å². The van der Waals surface area contributed by atoms with Crippen molar-refractivity contribution in [2.45, 2.75) is 26.4 Å². The Morgan fingerprint density at radius 1 is 1.27 bits per heavy atom. The van der Waals surface area contributed by atoms with Crippen molar-refractivity contribution < 1.29 is 14.6 Å². The zero-order chi connectivity index (χ0) is 10.8. The molecule has 0 aliphatic heterocycles. The predicted molar refractivity (Wildman–Crippen MR) is 60.9 cm³/mol. The third-order valence-electron chi connectivity index (χ3n) is 1.53. The van der Waals surface area contributed by atoms with Gasteiger partial charge in [0.1, 0.15) is 16.9 Å². The normalized spacial score (nSPS) is 10.3. The fraction of sp³-hybridized carbons (Fsp3) is 0.364. The molecule has 0 atom stereocenters. The van der Waals surface area contributed by atoms with Crippen LogP contribution in [0.15, 0.2) is 24.3 Å². The van der Waals surface area contributed by atoms with Crippen LogP contribution in [0.25, 0.3) is 0 Å². The number of ether oxygens (including phenoxy) is 1. The molecule has 0 aliphatic carbocycles. The Kier molecular flexibility index (Phi) is 4.93. The molecule has 0 heterocycles. The van der Waals surface area contributed by atoms with Gasteiger partial charge >= 0.3 is 24.8 Å². The van der Waals surface area contributed by atoms with Crippen LogP contribution in [0.3, 0.4) is 0 Å². The van der Waals surface area contributed by atoms with Crippen LogP contribution in [0, 0.1) is 0 Å². The summed E-state index contributed by atoms with van der Waals surface area (Å²) in [6.07, 6.45) is 0. The van der Waals surface area contributed by atoms with E-state index in [-0.39, 0.29) is 30.0 Å². The summed E-state index contributed by atoms with van der Waals surface area (Å²) >= 11 is 0. The van der Waals surface area contributed by atoms with Crippen LogP contribution in [0.2, 0.25) is 0 Å². The zero-order valence-corrected chi connectivity index (χ0v) is 8.57. The first kappa shape index (κ1) is 14.1. The van der Waals surface area contributed by atoms with Crippen LogP contribution in [0.5, 0.6) is 5.75 Å². The van der Waals surface area contributed by atoms with Crippen LogP contribution in [-0.2, 0) is 0 Å². The van der Waals surface area contributed by atoms with Gasteiger partial charge < -0.3 is 9.84 Å². The quantitative estimate of drug-likeness (QED) is 0.745. The van der Waals surface area contributed by atoms with Crippen molar-refractivity contribution in [3.63, 3.8) is 0 Å². The molecule has 4 heteroatoms. The maximum absolute atomic E-state index is 10.8. The second kappa shape index (κ2) is 5.25. The van der Waals surface area contributed by atoms with Gasteiger partial charge in [0.25, 0.3) is 0 Å². The average Bonchev–Trinajstić information content (AvgIpc) is 2.01. The molecule has 1 aromatic rings. The van der Waals surface area contributed by atoms with E-state index in [1.54, 1.807) is 18.2 Å². The second-order valence-electron chi connectivity index (χ2n) is 4.02. The molecule has 0 radical (unpaired) electrons. The molecule has 0 saturated heterocycles. The number of aromatic carboxylic acids is 1. The van der Waals surface area contributed by atoms with Crippen LogP contribution in [-0.4, -0.2) is 35.5 Å². The molecular weight excluding hydrogens is 187 g/mol. The first-order valence-electron chi connectivity index (χ1n) is 4.41. The SMILES string of the molecule is CC(C)(C)Oc1ccccc1C(=O)O.[LiH]. The number of rotatable bonds is 2. The Morgan fingerprint density at radius 3 is 2.27 bits per heavy atom. The van der Waals surface area contributed by atoms with Crippen LogP contribution in [0.1, 0.15) is 31.1 Å². The zero-order valence-electron chi connectivity index (χ0n) is 8.57. The van der Waals surface area contributed by atoms with Crippen molar-refractivity contribution in [1.29, 1.82) is 0 Å². The summed E-state index contributed by atoms with van der Waals surface area (Å²) in [5.41, 5.74) is -0.187. The number of carbonyl (C=O) groups is 1. The number of hydrogen-bond acceptors (Lipinski definition) is 2. The van der Waals surface area contributed by atoms with E-state index in [9.17, 15) is 4.79 Å². The minimum atomic E-state index is -0.968. The first-order chi connectivity index (χ1) is 6.40. The van der Waals surface area contributed by atoms with Gasteiger partial charge in [0.05, 0.1) is 0 Å². The number of benzene rings is 1. The summed E-state index contributed by atoms with van der Waals surface area (Å²) in [6.45, 7) is 5.64. The van der Waals surface area contributed by atoms with Crippen molar-refractivity contribution in [3.05, 3.63) is 29.8 Å². The monoisotopic (exact) mass is 202 g/mol. The van der Waals surface area contributed by atoms with Gasteiger partial charge in [-0.25, -0.2) is 4.79 Å². The number of carboxylic acid groups (broad SMARTS) is 1. The fourth-order valence-electron chi connectivity index (χ4n) is 1.06. The first-order valence-corrected chi connectivity index (χ1v) is 4.41. The van der Waals surface area contributed by atoms with Gasteiger partial charge in [0.15, 0.2) is 0 Å². The summed E-state index contributed by atoms with van der Waals surface area (Å²) in [5, 5.41) is 8.88. The maximum atomic E-state index is 10.8. The Balaban J connectivity index is 0.00000196. The van der Waals surface area contributed by atoms with Crippen molar-refractivity contribution in [3.8, 4) is 5.75 Å². The predicted octanol–water partition coefficient (Wildman–Crippen LogP) is 1.91. The van der Waals surface area contributed by atoms with Gasteiger partial charge in [-0.3, -0.25) is 0 Å². The van der Waals surface area contributed by atoms with E-state index in [0.29, 0.717) is 5.75 Å². The van der Waals surface area contributed by atoms with Crippen LogP contribution < -0.4 is 4.74 Å². The second-order valence-corrected chi connectivity index (χ2v) is 4.02. The molecule has 0 aromatic heterocycles. The van der Waals surface area contributed by atoms with E-state index in [4.69, 9.17) is 9.84 Å². The molecule has 0 fully saturated rings. The van der Waals surface area contributed by atoms with E-state index in [1.165, 1.54) is 6.07 Å². The Hall–Kier alpha value is -0.913.